The lowest BCUT2D eigenvalue weighted by Crippen LogP contribution is -2.44. The molecule has 0 saturated carbocycles. The molecule has 0 unspecified atom stereocenters. The number of primary amides is 1. The molecule has 0 saturated heterocycles. The van der Waals surface area contributed by atoms with Crippen molar-refractivity contribution in [3.63, 3.8) is 0 Å². The first kappa shape index (κ1) is 17.4. The summed E-state index contributed by atoms with van der Waals surface area (Å²) in [5.74, 6) is -5.55. The molecule has 0 aliphatic carbocycles. The minimum Gasteiger partial charge on any atom is -0.365 e. The van der Waals surface area contributed by atoms with Gasteiger partial charge in [0.05, 0.1) is 16.2 Å². The molecule has 6 nitrogen and oxygen atoms in total. The molecule has 4 N–H and O–H groups in total. The van der Waals surface area contributed by atoms with Crippen molar-refractivity contribution in [2.75, 3.05) is 5.75 Å². The van der Waals surface area contributed by atoms with Gasteiger partial charge in [0.25, 0.3) is 5.91 Å². The van der Waals surface area contributed by atoms with Crippen LogP contribution < -0.4 is 5.73 Å². The van der Waals surface area contributed by atoms with Crippen LogP contribution in [0.25, 0.3) is 0 Å². The van der Waals surface area contributed by atoms with Crippen molar-refractivity contribution in [1.29, 1.82) is 0 Å². The topological polar surface area (TPSA) is 118 Å². The van der Waals surface area contributed by atoms with Crippen LogP contribution in [-0.4, -0.2) is 36.1 Å². The van der Waals surface area contributed by atoms with E-state index in [4.69, 9.17) is 10.2 Å². The number of sulfone groups is 1. The van der Waals surface area contributed by atoms with Crippen LogP contribution in [-0.2, 0) is 20.8 Å². The van der Waals surface area contributed by atoms with Gasteiger partial charge in [-0.15, -0.1) is 0 Å². The van der Waals surface area contributed by atoms with Gasteiger partial charge in [0.1, 0.15) is 0 Å². The lowest BCUT2D eigenvalue weighted by molar-refractivity contribution is -0.182. The fourth-order valence-electron chi connectivity index (χ4n) is 1.38. The summed E-state index contributed by atoms with van der Waals surface area (Å²) in [5, 5.41) is 18.2. The molecule has 0 bridgehead atoms. The number of hydrogen-bond acceptors (Lipinski definition) is 5. The summed E-state index contributed by atoms with van der Waals surface area (Å²) in [4.78, 5) is 10.00. The first-order chi connectivity index (χ1) is 9.36. The molecule has 0 spiro atoms. The van der Waals surface area contributed by atoms with Crippen LogP contribution in [0.15, 0.2) is 29.2 Å². The van der Waals surface area contributed by atoms with Crippen LogP contribution in [0.5, 0.6) is 0 Å². The molecule has 0 aromatic heterocycles. The predicted molar refractivity (Wildman–Crippen MR) is 64.5 cm³/mol. The minimum atomic E-state index is -4.71. The lowest BCUT2D eigenvalue weighted by Gasteiger charge is -2.17. The van der Waals surface area contributed by atoms with Crippen molar-refractivity contribution in [2.45, 2.75) is 23.3 Å². The van der Waals surface area contributed by atoms with Gasteiger partial charge in [-0.2, -0.15) is 13.2 Å². The van der Waals surface area contributed by atoms with Gasteiger partial charge in [-0.1, -0.05) is 6.07 Å². The van der Waals surface area contributed by atoms with Crippen LogP contribution in [0.4, 0.5) is 13.2 Å². The first-order valence-electron chi connectivity index (χ1n) is 5.51. The zero-order chi connectivity index (χ0) is 16.5. The predicted octanol–water partition coefficient (Wildman–Crippen LogP) is 0.0354. The van der Waals surface area contributed by atoms with E-state index in [1.807, 2.05) is 0 Å². The largest absolute Gasteiger partial charge is 0.416 e. The van der Waals surface area contributed by atoms with Gasteiger partial charge >= 0.3 is 6.18 Å². The molecule has 21 heavy (non-hydrogen) atoms. The number of alkyl halides is 3. The van der Waals surface area contributed by atoms with E-state index in [1.165, 1.54) is 0 Å². The zero-order valence-electron chi connectivity index (χ0n) is 10.5. The molecule has 0 aliphatic rings. The summed E-state index contributed by atoms with van der Waals surface area (Å²) < 4.78 is 61.2. The highest BCUT2D eigenvalue weighted by Crippen LogP contribution is 2.30. The average molecular weight is 327 g/mol. The Kier molecular flexibility index (Phi) is 4.66. The van der Waals surface area contributed by atoms with Crippen LogP contribution in [0, 0.1) is 0 Å². The molecular formula is C11H12F3NO5S. The Morgan fingerprint density at radius 2 is 1.81 bits per heavy atom. The Labute approximate surface area is 117 Å². The lowest BCUT2D eigenvalue weighted by atomic mass is 10.2. The highest BCUT2D eigenvalue weighted by molar-refractivity contribution is 7.91. The van der Waals surface area contributed by atoms with E-state index < -0.39 is 50.3 Å². The second kappa shape index (κ2) is 5.62. The van der Waals surface area contributed by atoms with E-state index in [9.17, 15) is 26.4 Å². The number of amides is 1. The van der Waals surface area contributed by atoms with E-state index in [0.29, 0.717) is 12.1 Å². The monoisotopic (exact) mass is 327 g/mol. The van der Waals surface area contributed by atoms with Crippen molar-refractivity contribution in [3.8, 4) is 0 Å². The third-order valence-electron chi connectivity index (χ3n) is 2.63. The van der Waals surface area contributed by atoms with Crippen molar-refractivity contribution in [3.05, 3.63) is 29.8 Å². The van der Waals surface area contributed by atoms with Crippen molar-refractivity contribution in [1.82, 2.24) is 0 Å². The van der Waals surface area contributed by atoms with Gasteiger partial charge in [-0.05, 0) is 18.2 Å². The van der Waals surface area contributed by atoms with Gasteiger partial charge in [-0.25, -0.2) is 8.42 Å². The molecule has 1 aromatic rings. The second-order valence-corrected chi connectivity index (χ2v) is 6.38. The molecule has 0 heterocycles. The quantitative estimate of drug-likeness (QED) is 0.660. The SMILES string of the molecule is NC(=O)C(O)(O)CCS(=O)(=O)c1cccc(C(F)(F)F)c1. The standard InChI is InChI=1S/C11H12F3NO5S/c12-11(13,14)7-2-1-3-8(6-7)21(19,20)5-4-10(17,18)9(15)16/h1-3,6,17-18H,4-5H2,(H2,15,16). The summed E-state index contributed by atoms with van der Waals surface area (Å²) in [6.07, 6.45) is -5.67. The van der Waals surface area contributed by atoms with E-state index in [0.717, 1.165) is 12.1 Å². The summed E-state index contributed by atoms with van der Waals surface area (Å²) in [6.45, 7) is 0. The number of rotatable bonds is 5. The molecule has 0 aliphatic heterocycles. The second-order valence-electron chi connectivity index (χ2n) is 4.28. The molecule has 1 amide bonds. The molecule has 1 aromatic carbocycles. The summed E-state index contributed by atoms with van der Waals surface area (Å²) in [6, 6.07) is 2.97. The summed E-state index contributed by atoms with van der Waals surface area (Å²) in [7, 11) is -4.24. The van der Waals surface area contributed by atoms with E-state index >= 15 is 0 Å². The van der Waals surface area contributed by atoms with Crippen LogP contribution in [0.2, 0.25) is 0 Å². The maximum atomic E-state index is 12.5. The number of benzene rings is 1. The Morgan fingerprint density at radius 3 is 2.29 bits per heavy atom. The minimum absolute atomic E-state index is 0.427. The number of halogens is 3. The summed E-state index contributed by atoms with van der Waals surface area (Å²) >= 11 is 0. The maximum Gasteiger partial charge on any atom is 0.416 e. The van der Waals surface area contributed by atoms with Crippen LogP contribution >= 0.6 is 0 Å². The molecule has 118 valence electrons. The third kappa shape index (κ3) is 4.41. The maximum absolute atomic E-state index is 12.5. The van der Waals surface area contributed by atoms with E-state index in [2.05, 4.69) is 5.73 Å². The molecular weight excluding hydrogens is 315 g/mol. The van der Waals surface area contributed by atoms with Crippen molar-refractivity contribution in [2.24, 2.45) is 5.73 Å². The van der Waals surface area contributed by atoms with Gasteiger partial charge in [0, 0.05) is 6.42 Å². The molecule has 1 rings (SSSR count). The van der Waals surface area contributed by atoms with Gasteiger partial charge in [0.15, 0.2) is 9.84 Å². The summed E-state index contributed by atoms with van der Waals surface area (Å²) in [5.41, 5.74) is 3.48. The van der Waals surface area contributed by atoms with Gasteiger partial charge < -0.3 is 15.9 Å². The smallest absolute Gasteiger partial charge is 0.365 e. The first-order valence-corrected chi connectivity index (χ1v) is 7.16. The highest BCUT2D eigenvalue weighted by Gasteiger charge is 2.34. The Hall–Kier alpha value is -1.65. The molecule has 0 atom stereocenters. The Morgan fingerprint density at radius 1 is 1.24 bits per heavy atom. The Balaban J connectivity index is 3.02. The fourth-order valence-corrected chi connectivity index (χ4v) is 2.77. The van der Waals surface area contributed by atoms with Crippen LogP contribution in [0.1, 0.15) is 12.0 Å². The molecule has 10 heteroatoms. The number of aliphatic hydroxyl groups is 2. The number of hydrogen-bond donors (Lipinski definition) is 3. The average Bonchev–Trinajstić information content (AvgIpc) is 2.36. The fraction of sp³-hybridized carbons (Fsp3) is 0.364. The van der Waals surface area contributed by atoms with E-state index in [-0.39, 0.29) is 0 Å². The van der Waals surface area contributed by atoms with Crippen molar-refractivity contribution < 1.29 is 36.6 Å². The van der Waals surface area contributed by atoms with E-state index in [1.54, 1.807) is 0 Å². The number of carbonyl (C=O) groups excluding carboxylic acids is 1. The van der Waals surface area contributed by atoms with Gasteiger partial charge in [-0.3, -0.25) is 4.79 Å². The zero-order valence-corrected chi connectivity index (χ0v) is 11.3. The normalized spacial score (nSPS) is 13.2. The molecule has 0 radical (unpaired) electrons. The van der Waals surface area contributed by atoms with Crippen LogP contribution in [0.3, 0.4) is 0 Å². The third-order valence-corrected chi connectivity index (χ3v) is 4.35. The molecule has 0 fully saturated rings. The highest BCUT2D eigenvalue weighted by atomic mass is 32.2. The van der Waals surface area contributed by atoms with Crippen molar-refractivity contribution >= 4 is 15.7 Å². The van der Waals surface area contributed by atoms with Gasteiger partial charge in [0.2, 0.25) is 5.79 Å². The number of carbonyl (C=O) groups is 1. The number of nitrogens with two attached hydrogens (primary N) is 1. The Bertz CT molecular complexity index is 640.